The summed E-state index contributed by atoms with van der Waals surface area (Å²) in [7, 11) is 1.58. The summed E-state index contributed by atoms with van der Waals surface area (Å²) in [5.74, 6) is 1.01. The lowest BCUT2D eigenvalue weighted by molar-refractivity contribution is -0.163. The summed E-state index contributed by atoms with van der Waals surface area (Å²) in [6, 6.07) is 11.8. The van der Waals surface area contributed by atoms with Crippen LogP contribution >= 0.6 is 11.6 Å². The third kappa shape index (κ3) is 6.12. The van der Waals surface area contributed by atoms with E-state index in [-0.39, 0.29) is 12.7 Å². The number of aliphatic hydroxyl groups excluding tert-OH is 1. The number of halogens is 1. The first-order chi connectivity index (χ1) is 14.9. The van der Waals surface area contributed by atoms with Gasteiger partial charge in [0.15, 0.2) is 0 Å². The molecule has 0 amide bonds. The molecule has 0 aliphatic carbocycles. The molecule has 0 radical (unpaired) electrons. The van der Waals surface area contributed by atoms with E-state index >= 15 is 0 Å². The normalized spacial score (nSPS) is 20.9. The highest BCUT2D eigenvalue weighted by Gasteiger charge is 2.32. The SMILES string of the molecule is CCOc1ccc(Cc2cc([C@@H]3CC[C@@H](O)[C@@H](COC(C)=O)O3)cc(OC)c2Cl)cc1. The zero-order valence-corrected chi connectivity index (χ0v) is 18.9. The third-order valence-electron chi connectivity index (χ3n) is 5.30. The molecule has 7 heteroatoms. The smallest absolute Gasteiger partial charge is 0.302 e. The molecule has 6 nitrogen and oxygen atoms in total. The molecule has 2 aromatic carbocycles. The minimum atomic E-state index is -0.673. The van der Waals surface area contributed by atoms with E-state index in [1.54, 1.807) is 7.11 Å². The quantitative estimate of drug-likeness (QED) is 0.600. The van der Waals surface area contributed by atoms with Crippen LogP contribution < -0.4 is 9.47 Å². The number of carbonyl (C=O) groups is 1. The van der Waals surface area contributed by atoms with Crippen molar-refractivity contribution in [2.75, 3.05) is 20.3 Å². The molecule has 1 heterocycles. The first-order valence-corrected chi connectivity index (χ1v) is 10.8. The molecule has 3 rings (SSSR count). The molecule has 31 heavy (non-hydrogen) atoms. The average Bonchev–Trinajstić information content (AvgIpc) is 2.76. The Morgan fingerprint density at radius 1 is 1.23 bits per heavy atom. The van der Waals surface area contributed by atoms with Gasteiger partial charge in [0.25, 0.3) is 0 Å². The predicted octanol–water partition coefficient (Wildman–Crippen LogP) is 4.48. The average molecular weight is 449 g/mol. The van der Waals surface area contributed by atoms with Gasteiger partial charge in [-0.2, -0.15) is 0 Å². The lowest BCUT2D eigenvalue weighted by Gasteiger charge is -2.34. The van der Waals surface area contributed by atoms with Crippen molar-refractivity contribution in [2.45, 2.75) is 51.4 Å². The largest absolute Gasteiger partial charge is 0.495 e. The second-order valence-corrected chi connectivity index (χ2v) is 7.94. The van der Waals surface area contributed by atoms with Crippen molar-refractivity contribution in [3.63, 3.8) is 0 Å². The Kier molecular flexibility index (Phi) is 8.18. The van der Waals surface area contributed by atoms with Crippen molar-refractivity contribution in [3.8, 4) is 11.5 Å². The first kappa shape index (κ1) is 23.4. The maximum atomic E-state index is 11.1. The van der Waals surface area contributed by atoms with Crippen LogP contribution in [0.1, 0.15) is 49.5 Å². The van der Waals surface area contributed by atoms with E-state index in [1.807, 2.05) is 43.3 Å². The lowest BCUT2D eigenvalue weighted by atomic mass is 9.94. The number of hydrogen-bond donors (Lipinski definition) is 1. The van der Waals surface area contributed by atoms with E-state index in [0.29, 0.717) is 36.6 Å². The predicted molar refractivity (Wildman–Crippen MR) is 118 cm³/mol. The van der Waals surface area contributed by atoms with Gasteiger partial charge in [0.1, 0.15) is 24.2 Å². The molecule has 1 aliphatic heterocycles. The highest BCUT2D eigenvalue weighted by molar-refractivity contribution is 6.32. The molecule has 1 aliphatic rings. The number of esters is 1. The summed E-state index contributed by atoms with van der Waals surface area (Å²) in [6.45, 7) is 3.94. The molecule has 0 aromatic heterocycles. The van der Waals surface area contributed by atoms with Gasteiger partial charge in [0, 0.05) is 6.92 Å². The topological polar surface area (TPSA) is 74.2 Å². The number of carbonyl (C=O) groups excluding carboxylic acids is 1. The molecule has 1 saturated heterocycles. The maximum absolute atomic E-state index is 11.1. The van der Waals surface area contributed by atoms with Crippen LogP contribution in [0.2, 0.25) is 5.02 Å². The van der Waals surface area contributed by atoms with Crippen LogP contribution in [0.5, 0.6) is 11.5 Å². The Morgan fingerprint density at radius 2 is 1.97 bits per heavy atom. The van der Waals surface area contributed by atoms with Crippen LogP contribution in [0.25, 0.3) is 0 Å². The molecule has 0 bridgehead atoms. The second-order valence-electron chi connectivity index (χ2n) is 7.56. The number of benzene rings is 2. The molecule has 0 saturated carbocycles. The molecule has 1 N–H and O–H groups in total. The highest BCUT2D eigenvalue weighted by Crippen LogP contribution is 2.38. The second kappa shape index (κ2) is 10.8. The van der Waals surface area contributed by atoms with Crippen molar-refractivity contribution in [2.24, 2.45) is 0 Å². The summed E-state index contributed by atoms with van der Waals surface area (Å²) >= 11 is 6.60. The summed E-state index contributed by atoms with van der Waals surface area (Å²) in [5.41, 5.74) is 2.94. The van der Waals surface area contributed by atoms with E-state index in [1.165, 1.54) is 6.92 Å². The van der Waals surface area contributed by atoms with Crippen molar-refractivity contribution >= 4 is 17.6 Å². The Labute approximate surface area is 188 Å². The number of rotatable bonds is 8. The van der Waals surface area contributed by atoms with Crippen LogP contribution in [0.15, 0.2) is 36.4 Å². The van der Waals surface area contributed by atoms with Gasteiger partial charge in [-0.3, -0.25) is 4.79 Å². The molecule has 1 fully saturated rings. The zero-order chi connectivity index (χ0) is 22.4. The summed E-state index contributed by atoms with van der Waals surface area (Å²) in [5, 5.41) is 10.8. The molecule has 2 aromatic rings. The summed E-state index contributed by atoms with van der Waals surface area (Å²) in [6.07, 6.45) is 0.323. The van der Waals surface area contributed by atoms with Crippen molar-refractivity contribution in [1.82, 2.24) is 0 Å². The van der Waals surface area contributed by atoms with E-state index in [9.17, 15) is 9.90 Å². The van der Waals surface area contributed by atoms with Gasteiger partial charge in [0.2, 0.25) is 0 Å². The van der Waals surface area contributed by atoms with Crippen LogP contribution in [0.3, 0.4) is 0 Å². The van der Waals surface area contributed by atoms with Gasteiger partial charge in [-0.1, -0.05) is 29.8 Å². The molecule has 0 spiro atoms. The van der Waals surface area contributed by atoms with Gasteiger partial charge in [-0.25, -0.2) is 0 Å². The van der Waals surface area contributed by atoms with Gasteiger partial charge in [-0.15, -0.1) is 0 Å². The summed E-state index contributed by atoms with van der Waals surface area (Å²) in [4.78, 5) is 11.1. The molecule has 168 valence electrons. The molecular formula is C24H29ClO6. The maximum Gasteiger partial charge on any atom is 0.302 e. The van der Waals surface area contributed by atoms with Gasteiger partial charge in [0.05, 0.1) is 30.9 Å². The van der Waals surface area contributed by atoms with Crippen LogP contribution in [-0.2, 0) is 20.7 Å². The Balaban J connectivity index is 1.81. The van der Waals surface area contributed by atoms with Crippen LogP contribution in [0.4, 0.5) is 0 Å². The van der Waals surface area contributed by atoms with Crippen molar-refractivity contribution in [3.05, 3.63) is 58.1 Å². The van der Waals surface area contributed by atoms with Gasteiger partial charge >= 0.3 is 5.97 Å². The van der Waals surface area contributed by atoms with Crippen molar-refractivity contribution < 1.29 is 28.8 Å². The molecule has 3 atom stereocenters. The third-order valence-corrected chi connectivity index (χ3v) is 5.73. The minimum Gasteiger partial charge on any atom is -0.495 e. The first-order valence-electron chi connectivity index (χ1n) is 10.5. The standard InChI is InChI=1S/C24H29ClO6/c1-4-29-19-7-5-16(6-8-19)11-18-12-17(13-22(28-3)24(18)25)21-10-9-20(27)23(31-21)14-30-15(2)26/h5-8,12-13,20-21,23,27H,4,9-11,14H2,1-3H3/t20-,21+,23-/m1/s1. The number of ether oxygens (including phenoxy) is 4. The fourth-order valence-corrected chi connectivity index (χ4v) is 3.96. The monoisotopic (exact) mass is 448 g/mol. The van der Waals surface area contributed by atoms with Gasteiger partial charge in [-0.05, 0) is 61.1 Å². The van der Waals surface area contributed by atoms with E-state index in [4.69, 9.17) is 30.5 Å². The number of hydrogen-bond acceptors (Lipinski definition) is 6. The Hall–Kier alpha value is -2.28. The van der Waals surface area contributed by atoms with E-state index < -0.39 is 18.2 Å². The fourth-order valence-electron chi connectivity index (χ4n) is 3.71. The van der Waals surface area contributed by atoms with Crippen LogP contribution in [-0.4, -0.2) is 43.6 Å². The lowest BCUT2D eigenvalue weighted by Crippen LogP contribution is -2.39. The molecular weight excluding hydrogens is 420 g/mol. The van der Waals surface area contributed by atoms with Gasteiger partial charge < -0.3 is 24.1 Å². The zero-order valence-electron chi connectivity index (χ0n) is 18.1. The minimum absolute atomic E-state index is 0.0246. The van der Waals surface area contributed by atoms with E-state index in [2.05, 4.69) is 0 Å². The Morgan fingerprint density at radius 3 is 2.61 bits per heavy atom. The summed E-state index contributed by atoms with van der Waals surface area (Å²) < 4.78 is 22.1. The number of methoxy groups -OCH3 is 1. The van der Waals surface area contributed by atoms with Crippen molar-refractivity contribution in [1.29, 1.82) is 0 Å². The fraction of sp³-hybridized carbons (Fsp3) is 0.458. The number of aliphatic hydroxyl groups is 1. The molecule has 0 unspecified atom stereocenters. The highest BCUT2D eigenvalue weighted by atomic mass is 35.5. The Bertz CT molecular complexity index is 882. The van der Waals surface area contributed by atoms with Crippen LogP contribution in [0, 0.1) is 0 Å². The van der Waals surface area contributed by atoms with E-state index in [0.717, 1.165) is 22.4 Å².